The molecule has 1 aromatic carbocycles. The van der Waals surface area contributed by atoms with Gasteiger partial charge in [-0.2, -0.15) is 0 Å². The number of anilines is 1. The molecule has 0 bridgehead atoms. The van der Waals surface area contributed by atoms with Crippen LogP contribution in [0.25, 0.3) is 16.9 Å². The zero-order valence-electron chi connectivity index (χ0n) is 13.5. The summed E-state index contributed by atoms with van der Waals surface area (Å²) in [6.07, 6.45) is 1.91. The molecule has 3 aromatic heterocycles. The summed E-state index contributed by atoms with van der Waals surface area (Å²) in [6.45, 7) is 2.40. The van der Waals surface area contributed by atoms with Crippen LogP contribution in [0.15, 0.2) is 54.7 Å². The van der Waals surface area contributed by atoms with Crippen molar-refractivity contribution in [2.24, 2.45) is 0 Å². The number of pyridine rings is 1. The Labute approximate surface area is 143 Å². The standard InChI is InChI=1S/C18H15FN6/c1-12-9-15(13-5-4-6-14(19)10-13)21-24-18(12)20-11-17-23-22-16-7-2-3-8-25(16)17/h2-10H,11H2,1H3,(H,20,24). The molecule has 0 aliphatic heterocycles. The molecule has 1 N–H and O–H groups in total. The van der Waals surface area contributed by atoms with E-state index in [1.165, 1.54) is 12.1 Å². The molecule has 0 unspecified atom stereocenters. The molecule has 0 spiro atoms. The third-order valence-corrected chi connectivity index (χ3v) is 3.90. The fourth-order valence-electron chi connectivity index (χ4n) is 2.62. The molecule has 0 aliphatic rings. The van der Waals surface area contributed by atoms with Crippen molar-refractivity contribution in [3.05, 3.63) is 71.9 Å². The Balaban J connectivity index is 1.55. The van der Waals surface area contributed by atoms with E-state index in [2.05, 4.69) is 25.7 Å². The van der Waals surface area contributed by atoms with E-state index >= 15 is 0 Å². The number of rotatable bonds is 4. The van der Waals surface area contributed by atoms with Gasteiger partial charge in [0.15, 0.2) is 17.3 Å². The summed E-state index contributed by atoms with van der Waals surface area (Å²) >= 11 is 0. The fourth-order valence-corrected chi connectivity index (χ4v) is 2.62. The predicted molar refractivity (Wildman–Crippen MR) is 92.5 cm³/mol. The van der Waals surface area contributed by atoms with Crippen LogP contribution in [0.1, 0.15) is 11.4 Å². The van der Waals surface area contributed by atoms with E-state index < -0.39 is 0 Å². The van der Waals surface area contributed by atoms with E-state index in [-0.39, 0.29) is 5.82 Å². The van der Waals surface area contributed by atoms with Crippen LogP contribution in [0.3, 0.4) is 0 Å². The minimum Gasteiger partial charge on any atom is -0.361 e. The van der Waals surface area contributed by atoms with Gasteiger partial charge in [-0.1, -0.05) is 18.2 Å². The zero-order valence-corrected chi connectivity index (χ0v) is 13.5. The molecule has 0 saturated heterocycles. The van der Waals surface area contributed by atoms with Crippen molar-refractivity contribution in [1.82, 2.24) is 24.8 Å². The number of nitrogens with one attached hydrogen (secondary N) is 1. The van der Waals surface area contributed by atoms with E-state index in [4.69, 9.17) is 0 Å². The summed E-state index contributed by atoms with van der Waals surface area (Å²) in [5.74, 6) is 1.15. The second kappa shape index (κ2) is 6.27. The van der Waals surface area contributed by atoms with E-state index in [0.29, 0.717) is 23.6 Å². The van der Waals surface area contributed by atoms with Crippen LogP contribution in [-0.4, -0.2) is 24.8 Å². The Morgan fingerprint density at radius 2 is 1.92 bits per heavy atom. The first-order valence-corrected chi connectivity index (χ1v) is 7.83. The van der Waals surface area contributed by atoms with Gasteiger partial charge in [0.05, 0.1) is 12.2 Å². The molecule has 25 heavy (non-hydrogen) atoms. The summed E-state index contributed by atoms with van der Waals surface area (Å²) in [4.78, 5) is 0. The largest absolute Gasteiger partial charge is 0.361 e. The van der Waals surface area contributed by atoms with Crippen molar-refractivity contribution in [1.29, 1.82) is 0 Å². The van der Waals surface area contributed by atoms with Crippen molar-refractivity contribution >= 4 is 11.5 Å². The fraction of sp³-hybridized carbons (Fsp3) is 0.111. The molecule has 0 aliphatic carbocycles. The lowest BCUT2D eigenvalue weighted by Crippen LogP contribution is -2.07. The third-order valence-electron chi connectivity index (χ3n) is 3.90. The number of benzene rings is 1. The first kappa shape index (κ1) is 15.2. The molecular formula is C18H15FN6. The number of fused-ring (bicyclic) bond motifs is 1. The predicted octanol–water partition coefficient (Wildman–Crippen LogP) is 3.25. The van der Waals surface area contributed by atoms with Gasteiger partial charge in [-0.25, -0.2) is 4.39 Å². The SMILES string of the molecule is Cc1cc(-c2cccc(F)c2)nnc1NCc1nnc2ccccn12. The lowest BCUT2D eigenvalue weighted by Gasteiger charge is -2.08. The molecule has 4 aromatic rings. The molecule has 0 radical (unpaired) electrons. The van der Waals surface area contributed by atoms with E-state index in [0.717, 1.165) is 17.0 Å². The number of nitrogens with zero attached hydrogens (tertiary/aromatic N) is 5. The molecule has 0 amide bonds. The second-order valence-electron chi connectivity index (χ2n) is 5.67. The highest BCUT2D eigenvalue weighted by Crippen LogP contribution is 2.21. The number of aromatic nitrogens is 5. The van der Waals surface area contributed by atoms with E-state index in [9.17, 15) is 4.39 Å². The molecule has 7 heteroatoms. The van der Waals surface area contributed by atoms with Crippen molar-refractivity contribution in [2.75, 3.05) is 5.32 Å². The molecule has 0 saturated carbocycles. The topological polar surface area (TPSA) is 68.0 Å². The van der Waals surface area contributed by atoms with Crippen molar-refractivity contribution < 1.29 is 4.39 Å². The van der Waals surface area contributed by atoms with Crippen LogP contribution in [0.5, 0.6) is 0 Å². The van der Waals surface area contributed by atoms with Gasteiger partial charge in [0, 0.05) is 11.8 Å². The maximum atomic E-state index is 13.4. The van der Waals surface area contributed by atoms with Gasteiger partial charge < -0.3 is 5.32 Å². The van der Waals surface area contributed by atoms with Gasteiger partial charge >= 0.3 is 0 Å². The summed E-state index contributed by atoms with van der Waals surface area (Å²) < 4.78 is 15.3. The highest BCUT2D eigenvalue weighted by molar-refractivity contribution is 5.61. The Bertz CT molecular complexity index is 1040. The molecule has 4 rings (SSSR count). The highest BCUT2D eigenvalue weighted by atomic mass is 19.1. The van der Waals surface area contributed by atoms with Crippen LogP contribution in [-0.2, 0) is 6.54 Å². The van der Waals surface area contributed by atoms with Crippen molar-refractivity contribution in [3.63, 3.8) is 0 Å². The number of hydrogen-bond acceptors (Lipinski definition) is 5. The monoisotopic (exact) mass is 334 g/mol. The lowest BCUT2D eigenvalue weighted by molar-refractivity contribution is 0.628. The maximum absolute atomic E-state index is 13.4. The molecular weight excluding hydrogens is 319 g/mol. The van der Waals surface area contributed by atoms with Crippen LogP contribution in [0.4, 0.5) is 10.2 Å². The van der Waals surface area contributed by atoms with E-state index in [1.807, 2.05) is 47.9 Å². The maximum Gasteiger partial charge on any atom is 0.160 e. The van der Waals surface area contributed by atoms with Crippen molar-refractivity contribution in [3.8, 4) is 11.3 Å². The highest BCUT2D eigenvalue weighted by Gasteiger charge is 2.09. The smallest absolute Gasteiger partial charge is 0.160 e. The second-order valence-corrected chi connectivity index (χ2v) is 5.67. The third kappa shape index (κ3) is 3.03. The molecule has 124 valence electrons. The summed E-state index contributed by atoms with van der Waals surface area (Å²) in [6, 6.07) is 13.9. The lowest BCUT2D eigenvalue weighted by atomic mass is 10.1. The minimum absolute atomic E-state index is 0.294. The first-order chi connectivity index (χ1) is 12.2. The number of hydrogen-bond donors (Lipinski definition) is 1. The Morgan fingerprint density at radius 1 is 1.00 bits per heavy atom. The van der Waals surface area contributed by atoms with Gasteiger partial charge in [-0.05, 0) is 42.8 Å². The van der Waals surface area contributed by atoms with Crippen LogP contribution < -0.4 is 5.32 Å². The summed E-state index contributed by atoms with van der Waals surface area (Å²) in [5, 5.41) is 19.9. The Kier molecular flexibility index (Phi) is 3.81. The molecule has 0 fully saturated rings. The van der Waals surface area contributed by atoms with Gasteiger partial charge in [0.2, 0.25) is 0 Å². The first-order valence-electron chi connectivity index (χ1n) is 7.83. The summed E-state index contributed by atoms with van der Waals surface area (Å²) in [7, 11) is 0. The normalized spacial score (nSPS) is 11.0. The number of aryl methyl sites for hydroxylation is 1. The van der Waals surface area contributed by atoms with Gasteiger partial charge in [-0.3, -0.25) is 4.40 Å². The van der Waals surface area contributed by atoms with Gasteiger partial charge in [-0.15, -0.1) is 20.4 Å². The average molecular weight is 334 g/mol. The average Bonchev–Trinajstić information content (AvgIpc) is 3.04. The van der Waals surface area contributed by atoms with Crippen LogP contribution >= 0.6 is 0 Å². The van der Waals surface area contributed by atoms with Crippen molar-refractivity contribution in [2.45, 2.75) is 13.5 Å². The molecule has 3 heterocycles. The van der Waals surface area contributed by atoms with Gasteiger partial charge in [0.25, 0.3) is 0 Å². The van der Waals surface area contributed by atoms with Crippen LogP contribution in [0.2, 0.25) is 0 Å². The molecule has 6 nitrogen and oxygen atoms in total. The Morgan fingerprint density at radius 3 is 2.76 bits per heavy atom. The quantitative estimate of drug-likeness (QED) is 0.620. The van der Waals surface area contributed by atoms with Crippen LogP contribution in [0, 0.1) is 12.7 Å². The minimum atomic E-state index is -0.294. The number of halogens is 1. The molecule has 0 atom stereocenters. The summed E-state index contributed by atoms with van der Waals surface area (Å²) in [5.41, 5.74) is 3.05. The van der Waals surface area contributed by atoms with Gasteiger partial charge in [0.1, 0.15) is 5.82 Å². The van der Waals surface area contributed by atoms with E-state index in [1.54, 1.807) is 6.07 Å². The zero-order chi connectivity index (χ0) is 17.2. The Hall–Kier alpha value is -3.35.